The van der Waals surface area contributed by atoms with Crippen molar-refractivity contribution in [3.8, 4) is 0 Å². The molecule has 0 radical (unpaired) electrons. The van der Waals surface area contributed by atoms with Crippen LogP contribution in [0.25, 0.3) is 10.9 Å². The van der Waals surface area contributed by atoms with Gasteiger partial charge in [-0.25, -0.2) is 0 Å². The number of ketones is 1. The smallest absolute Gasteiger partial charge is 0.295 e. The summed E-state index contributed by atoms with van der Waals surface area (Å²) in [5.41, 5.74) is 4.11. The Morgan fingerprint density at radius 1 is 0.967 bits per heavy atom. The Bertz CT molecular complexity index is 1140. The molecule has 1 aliphatic heterocycles. The monoisotopic (exact) mass is 403 g/mol. The fourth-order valence-electron chi connectivity index (χ4n) is 3.91. The van der Waals surface area contributed by atoms with Crippen LogP contribution in [0.2, 0.25) is 0 Å². The molecule has 154 valence electrons. The summed E-state index contributed by atoms with van der Waals surface area (Å²) in [7, 11) is 0. The number of nitrogens with zero attached hydrogens (tertiary/aromatic N) is 2. The number of para-hydroxylation sites is 1. The highest BCUT2D eigenvalue weighted by atomic mass is 16.2. The number of carbonyl (C=O) groups is 3. The number of anilines is 1. The van der Waals surface area contributed by atoms with E-state index < -0.39 is 11.7 Å². The van der Waals surface area contributed by atoms with Gasteiger partial charge < -0.3 is 14.8 Å². The maximum Gasteiger partial charge on any atom is 0.295 e. The van der Waals surface area contributed by atoms with Crippen LogP contribution < -0.4 is 5.32 Å². The van der Waals surface area contributed by atoms with Crippen LogP contribution >= 0.6 is 0 Å². The third-order valence-electron chi connectivity index (χ3n) is 5.73. The molecule has 30 heavy (non-hydrogen) atoms. The van der Waals surface area contributed by atoms with Crippen LogP contribution in [0.15, 0.2) is 48.7 Å². The number of fused-ring (bicyclic) bond motifs is 1. The van der Waals surface area contributed by atoms with E-state index in [2.05, 4.69) is 5.32 Å². The lowest BCUT2D eigenvalue weighted by Crippen LogP contribution is -2.34. The van der Waals surface area contributed by atoms with E-state index in [4.69, 9.17) is 0 Å². The molecular formula is C24H25N3O3. The molecular weight excluding hydrogens is 378 g/mol. The second-order valence-electron chi connectivity index (χ2n) is 7.86. The van der Waals surface area contributed by atoms with Crippen molar-refractivity contribution in [1.82, 2.24) is 9.47 Å². The molecule has 1 aliphatic rings. The Kier molecular flexibility index (Phi) is 5.40. The number of likely N-dealkylation sites (tertiary alicyclic amines) is 1. The SMILES string of the molecule is Cc1ccc(NC(=O)Cn2cc(C(=O)C(=O)N3CCCC3)c3ccccc32)cc1C. The van der Waals surface area contributed by atoms with Gasteiger partial charge in [0.2, 0.25) is 5.91 Å². The number of rotatable bonds is 5. The van der Waals surface area contributed by atoms with E-state index in [0.29, 0.717) is 24.0 Å². The van der Waals surface area contributed by atoms with Crippen LogP contribution in [0.1, 0.15) is 34.3 Å². The van der Waals surface area contributed by atoms with Gasteiger partial charge in [-0.05, 0) is 56.0 Å². The van der Waals surface area contributed by atoms with Crippen LogP contribution in [-0.2, 0) is 16.1 Å². The molecule has 4 rings (SSSR count). The van der Waals surface area contributed by atoms with Gasteiger partial charge in [0.25, 0.3) is 11.7 Å². The van der Waals surface area contributed by atoms with Gasteiger partial charge >= 0.3 is 0 Å². The molecule has 0 aliphatic carbocycles. The van der Waals surface area contributed by atoms with Crippen LogP contribution in [0.3, 0.4) is 0 Å². The number of amides is 2. The van der Waals surface area contributed by atoms with Crippen LogP contribution in [0, 0.1) is 13.8 Å². The zero-order chi connectivity index (χ0) is 21.3. The van der Waals surface area contributed by atoms with E-state index in [-0.39, 0.29) is 12.5 Å². The van der Waals surface area contributed by atoms with E-state index in [1.165, 1.54) is 0 Å². The lowest BCUT2D eigenvalue weighted by molar-refractivity contribution is -0.125. The topological polar surface area (TPSA) is 71.4 Å². The summed E-state index contributed by atoms with van der Waals surface area (Å²) >= 11 is 0. The zero-order valence-electron chi connectivity index (χ0n) is 17.3. The largest absolute Gasteiger partial charge is 0.337 e. The van der Waals surface area contributed by atoms with Crippen molar-refractivity contribution in [2.45, 2.75) is 33.2 Å². The third-order valence-corrected chi connectivity index (χ3v) is 5.73. The molecule has 6 nitrogen and oxygen atoms in total. The Morgan fingerprint density at radius 2 is 1.70 bits per heavy atom. The second kappa shape index (κ2) is 8.14. The summed E-state index contributed by atoms with van der Waals surface area (Å²) in [5, 5.41) is 3.60. The standard InChI is InChI=1S/C24H25N3O3/c1-16-9-10-18(13-17(16)2)25-22(28)15-27-14-20(19-7-3-4-8-21(19)27)23(29)24(30)26-11-5-6-12-26/h3-4,7-10,13-14H,5-6,11-12,15H2,1-2H3,(H,25,28). The fourth-order valence-corrected chi connectivity index (χ4v) is 3.91. The number of hydrogen-bond donors (Lipinski definition) is 1. The highest BCUT2D eigenvalue weighted by molar-refractivity contribution is 6.44. The quantitative estimate of drug-likeness (QED) is 0.522. The molecule has 2 heterocycles. The van der Waals surface area contributed by atoms with Crippen molar-refractivity contribution < 1.29 is 14.4 Å². The van der Waals surface area contributed by atoms with Gasteiger partial charge in [0.15, 0.2) is 0 Å². The highest BCUT2D eigenvalue weighted by Gasteiger charge is 2.28. The molecule has 1 saturated heterocycles. The fraction of sp³-hybridized carbons (Fsp3) is 0.292. The number of Topliss-reactive ketones (excluding diaryl/α,β-unsaturated/α-hetero) is 1. The number of nitrogens with one attached hydrogen (secondary N) is 1. The van der Waals surface area contributed by atoms with Crippen LogP contribution in [-0.4, -0.2) is 40.2 Å². The molecule has 3 aromatic rings. The number of benzene rings is 2. The molecule has 2 amide bonds. The molecule has 0 saturated carbocycles. The first kappa shape index (κ1) is 19.9. The lowest BCUT2D eigenvalue weighted by Gasteiger charge is -2.13. The van der Waals surface area contributed by atoms with Gasteiger partial charge in [0.05, 0.1) is 5.56 Å². The molecule has 1 fully saturated rings. The predicted octanol–water partition coefficient (Wildman–Crippen LogP) is 3.70. The van der Waals surface area contributed by atoms with Gasteiger partial charge in [0, 0.05) is 35.9 Å². The van der Waals surface area contributed by atoms with E-state index in [0.717, 1.165) is 35.2 Å². The van der Waals surface area contributed by atoms with Crippen molar-refractivity contribution in [1.29, 1.82) is 0 Å². The van der Waals surface area contributed by atoms with Gasteiger partial charge in [0.1, 0.15) is 6.54 Å². The molecule has 0 atom stereocenters. The van der Waals surface area contributed by atoms with Gasteiger partial charge in [-0.3, -0.25) is 14.4 Å². The summed E-state index contributed by atoms with van der Waals surface area (Å²) in [6.07, 6.45) is 3.49. The Labute approximate surface area is 175 Å². The molecule has 0 bridgehead atoms. The third kappa shape index (κ3) is 3.85. The van der Waals surface area contributed by atoms with Crippen molar-refractivity contribution in [3.05, 3.63) is 65.4 Å². The average molecular weight is 403 g/mol. The summed E-state index contributed by atoms with van der Waals surface area (Å²) in [6, 6.07) is 13.1. The lowest BCUT2D eigenvalue weighted by atomic mass is 10.1. The maximum atomic E-state index is 12.9. The molecule has 1 N–H and O–H groups in total. The van der Waals surface area contributed by atoms with Crippen molar-refractivity contribution >= 4 is 34.2 Å². The first-order valence-electron chi connectivity index (χ1n) is 10.2. The van der Waals surface area contributed by atoms with E-state index >= 15 is 0 Å². The second-order valence-corrected chi connectivity index (χ2v) is 7.86. The van der Waals surface area contributed by atoms with Gasteiger partial charge in [-0.1, -0.05) is 24.3 Å². The molecule has 0 unspecified atom stereocenters. The van der Waals surface area contributed by atoms with E-state index in [9.17, 15) is 14.4 Å². The van der Waals surface area contributed by atoms with Crippen LogP contribution in [0.5, 0.6) is 0 Å². The van der Waals surface area contributed by atoms with E-state index in [1.807, 2.05) is 56.3 Å². The van der Waals surface area contributed by atoms with E-state index in [1.54, 1.807) is 15.7 Å². The molecule has 1 aromatic heterocycles. The van der Waals surface area contributed by atoms with Crippen molar-refractivity contribution in [2.24, 2.45) is 0 Å². The molecule has 0 spiro atoms. The van der Waals surface area contributed by atoms with Crippen molar-refractivity contribution in [3.63, 3.8) is 0 Å². The number of aromatic nitrogens is 1. The molecule has 6 heteroatoms. The Morgan fingerprint density at radius 3 is 2.43 bits per heavy atom. The Hall–Kier alpha value is -3.41. The minimum Gasteiger partial charge on any atom is -0.337 e. The summed E-state index contributed by atoms with van der Waals surface area (Å²) in [4.78, 5) is 39.8. The van der Waals surface area contributed by atoms with Gasteiger partial charge in [-0.2, -0.15) is 0 Å². The number of hydrogen-bond acceptors (Lipinski definition) is 3. The molecule has 2 aromatic carbocycles. The van der Waals surface area contributed by atoms with Gasteiger partial charge in [-0.15, -0.1) is 0 Å². The zero-order valence-corrected chi connectivity index (χ0v) is 17.3. The first-order chi connectivity index (χ1) is 14.4. The highest BCUT2D eigenvalue weighted by Crippen LogP contribution is 2.23. The minimum absolute atomic E-state index is 0.0542. The normalized spacial score (nSPS) is 13.6. The van der Waals surface area contributed by atoms with Crippen molar-refractivity contribution in [2.75, 3.05) is 18.4 Å². The summed E-state index contributed by atoms with van der Waals surface area (Å²) in [5.74, 6) is -1.17. The minimum atomic E-state index is -0.513. The van der Waals surface area contributed by atoms with Crippen LogP contribution in [0.4, 0.5) is 5.69 Å². The summed E-state index contributed by atoms with van der Waals surface area (Å²) < 4.78 is 1.73. The summed E-state index contributed by atoms with van der Waals surface area (Å²) in [6.45, 7) is 5.33. The maximum absolute atomic E-state index is 12.9. The first-order valence-corrected chi connectivity index (χ1v) is 10.2. The predicted molar refractivity (Wildman–Crippen MR) is 117 cm³/mol. The number of aryl methyl sites for hydroxylation is 2. The number of carbonyl (C=O) groups excluding carboxylic acids is 3. The average Bonchev–Trinajstić information content (AvgIpc) is 3.39. The Balaban J connectivity index is 1.58.